The van der Waals surface area contributed by atoms with Gasteiger partial charge in [-0.1, -0.05) is 23.8 Å². The molecule has 1 amide bonds. The first-order valence-electron chi connectivity index (χ1n) is 6.38. The molecule has 0 atom stereocenters. The maximum Gasteiger partial charge on any atom is 0.255 e. The van der Waals surface area contributed by atoms with Gasteiger partial charge in [-0.3, -0.25) is 4.79 Å². The molecule has 0 fully saturated rings. The van der Waals surface area contributed by atoms with E-state index in [2.05, 4.69) is 5.32 Å². The van der Waals surface area contributed by atoms with Gasteiger partial charge in [-0.25, -0.2) is 4.39 Å². The topological polar surface area (TPSA) is 49.3 Å². The Balaban J connectivity index is 1.94. The van der Waals surface area contributed by atoms with E-state index in [0.717, 1.165) is 11.1 Å². The molecule has 3 nitrogen and oxygen atoms in total. The van der Waals surface area contributed by atoms with E-state index in [1.807, 2.05) is 6.92 Å². The van der Waals surface area contributed by atoms with Gasteiger partial charge in [-0.15, -0.1) is 0 Å². The number of amides is 1. The number of nitrogens with one attached hydrogen (secondary N) is 1. The van der Waals surface area contributed by atoms with Crippen LogP contribution in [0.2, 0.25) is 0 Å². The molecule has 0 aromatic heterocycles. The largest absolute Gasteiger partial charge is 0.507 e. The molecule has 0 saturated carbocycles. The number of aryl methyl sites for hydroxylation is 1. The number of hydrogen-bond acceptors (Lipinski definition) is 2. The second-order valence-electron chi connectivity index (χ2n) is 4.66. The Labute approximate surface area is 117 Å². The third-order valence-electron chi connectivity index (χ3n) is 2.98. The number of halogens is 1. The molecule has 2 rings (SSSR count). The normalized spacial score (nSPS) is 10.3. The van der Waals surface area contributed by atoms with Gasteiger partial charge >= 0.3 is 0 Å². The average molecular weight is 273 g/mol. The average Bonchev–Trinajstić information content (AvgIpc) is 2.41. The fraction of sp³-hybridized carbons (Fsp3) is 0.188. The van der Waals surface area contributed by atoms with Gasteiger partial charge < -0.3 is 10.4 Å². The molecule has 0 spiro atoms. The third kappa shape index (κ3) is 3.57. The summed E-state index contributed by atoms with van der Waals surface area (Å²) in [6.45, 7) is 2.23. The van der Waals surface area contributed by atoms with E-state index < -0.39 is 0 Å². The molecule has 0 aliphatic carbocycles. The summed E-state index contributed by atoms with van der Waals surface area (Å²) < 4.78 is 13.0. The lowest BCUT2D eigenvalue weighted by Gasteiger charge is -2.08. The molecule has 0 bridgehead atoms. The van der Waals surface area contributed by atoms with Crippen LogP contribution in [0.5, 0.6) is 5.75 Å². The van der Waals surface area contributed by atoms with Gasteiger partial charge in [0, 0.05) is 6.54 Å². The zero-order valence-electron chi connectivity index (χ0n) is 11.2. The van der Waals surface area contributed by atoms with Crippen LogP contribution in [-0.2, 0) is 6.42 Å². The minimum Gasteiger partial charge on any atom is -0.507 e. The van der Waals surface area contributed by atoms with Gasteiger partial charge in [0.1, 0.15) is 11.6 Å². The highest BCUT2D eigenvalue weighted by Gasteiger charge is 2.10. The molecule has 20 heavy (non-hydrogen) atoms. The smallest absolute Gasteiger partial charge is 0.255 e. The van der Waals surface area contributed by atoms with Crippen molar-refractivity contribution >= 4 is 5.91 Å². The lowest BCUT2D eigenvalue weighted by molar-refractivity contribution is 0.0951. The summed E-state index contributed by atoms with van der Waals surface area (Å²) in [7, 11) is 0. The Morgan fingerprint density at radius 1 is 1.25 bits per heavy atom. The Hall–Kier alpha value is -2.36. The van der Waals surface area contributed by atoms with E-state index in [-0.39, 0.29) is 23.0 Å². The third-order valence-corrected chi connectivity index (χ3v) is 2.98. The fourth-order valence-electron chi connectivity index (χ4n) is 1.94. The molecule has 0 unspecified atom stereocenters. The van der Waals surface area contributed by atoms with Crippen LogP contribution < -0.4 is 5.32 Å². The first kappa shape index (κ1) is 14.1. The number of carbonyl (C=O) groups is 1. The lowest BCUT2D eigenvalue weighted by Crippen LogP contribution is -2.25. The van der Waals surface area contributed by atoms with Crippen molar-refractivity contribution in [3.8, 4) is 5.75 Å². The van der Waals surface area contributed by atoms with Crippen molar-refractivity contribution < 1.29 is 14.3 Å². The predicted octanol–water partition coefficient (Wildman–Crippen LogP) is 2.81. The van der Waals surface area contributed by atoms with E-state index in [4.69, 9.17) is 0 Å². The van der Waals surface area contributed by atoms with Crippen molar-refractivity contribution in [3.05, 3.63) is 65.0 Å². The zero-order valence-corrected chi connectivity index (χ0v) is 11.2. The summed E-state index contributed by atoms with van der Waals surface area (Å²) in [6.07, 6.45) is 0.538. The maximum absolute atomic E-state index is 13.0. The predicted molar refractivity (Wildman–Crippen MR) is 75.3 cm³/mol. The van der Waals surface area contributed by atoms with Crippen LogP contribution in [-0.4, -0.2) is 17.6 Å². The monoisotopic (exact) mass is 273 g/mol. The van der Waals surface area contributed by atoms with Crippen LogP contribution in [0, 0.1) is 12.7 Å². The highest BCUT2D eigenvalue weighted by atomic mass is 19.1. The Morgan fingerprint density at radius 3 is 2.80 bits per heavy atom. The van der Waals surface area contributed by atoms with Crippen LogP contribution in [0.1, 0.15) is 21.5 Å². The van der Waals surface area contributed by atoms with E-state index >= 15 is 0 Å². The molecule has 0 radical (unpaired) electrons. The van der Waals surface area contributed by atoms with Gasteiger partial charge in [-0.2, -0.15) is 0 Å². The summed E-state index contributed by atoms with van der Waals surface area (Å²) in [5.74, 6) is -0.661. The second kappa shape index (κ2) is 6.19. The van der Waals surface area contributed by atoms with Crippen LogP contribution >= 0.6 is 0 Å². The van der Waals surface area contributed by atoms with Crippen molar-refractivity contribution in [1.29, 1.82) is 0 Å². The summed E-state index contributed by atoms with van der Waals surface area (Å²) in [6, 6.07) is 11.1. The van der Waals surface area contributed by atoms with Crippen molar-refractivity contribution in [1.82, 2.24) is 5.32 Å². The van der Waals surface area contributed by atoms with Crippen molar-refractivity contribution in [3.63, 3.8) is 0 Å². The Bertz CT molecular complexity index is 626. The molecule has 0 heterocycles. The molecular weight excluding hydrogens is 257 g/mol. The summed E-state index contributed by atoms with van der Waals surface area (Å²) >= 11 is 0. The Kier molecular flexibility index (Phi) is 4.35. The number of benzene rings is 2. The molecule has 0 aliphatic rings. The van der Waals surface area contributed by atoms with Crippen molar-refractivity contribution in [2.45, 2.75) is 13.3 Å². The number of phenols is 1. The van der Waals surface area contributed by atoms with Crippen LogP contribution in [0.4, 0.5) is 4.39 Å². The molecule has 0 aliphatic heterocycles. The number of aromatic hydroxyl groups is 1. The molecular formula is C16H16FNO2. The molecule has 104 valence electrons. The van der Waals surface area contributed by atoms with Crippen LogP contribution in [0.25, 0.3) is 0 Å². The molecule has 2 N–H and O–H groups in total. The van der Waals surface area contributed by atoms with E-state index in [1.165, 1.54) is 18.2 Å². The van der Waals surface area contributed by atoms with Gasteiger partial charge in [0.2, 0.25) is 0 Å². The van der Waals surface area contributed by atoms with Gasteiger partial charge in [0.05, 0.1) is 5.56 Å². The van der Waals surface area contributed by atoms with Gasteiger partial charge in [0.15, 0.2) is 0 Å². The highest BCUT2D eigenvalue weighted by molar-refractivity contribution is 5.96. The maximum atomic E-state index is 13.0. The van der Waals surface area contributed by atoms with Crippen molar-refractivity contribution in [2.75, 3.05) is 6.54 Å². The zero-order chi connectivity index (χ0) is 14.5. The van der Waals surface area contributed by atoms with E-state index in [9.17, 15) is 14.3 Å². The standard InChI is InChI=1S/C16H16FNO2/c1-11-5-6-15(19)14(9-11)16(20)18-8-7-12-3-2-4-13(17)10-12/h2-6,9-10,19H,7-8H2,1H3,(H,18,20). The summed E-state index contributed by atoms with van der Waals surface area (Å²) in [4.78, 5) is 11.9. The molecule has 0 saturated heterocycles. The first-order valence-corrected chi connectivity index (χ1v) is 6.38. The molecule has 2 aromatic carbocycles. The van der Waals surface area contributed by atoms with Gasteiger partial charge in [0.25, 0.3) is 5.91 Å². The number of phenolic OH excluding ortho intramolecular Hbond substituents is 1. The van der Waals surface area contributed by atoms with Crippen LogP contribution in [0.15, 0.2) is 42.5 Å². The van der Waals surface area contributed by atoms with E-state index in [0.29, 0.717) is 13.0 Å². The quantitative estimate of drug-likeness (QED) is 0.900. The minimum atomic E-state index is -0.331. The lowest BCUT2D eigenvalue weighted by atomic mass is 10.1. The number of carbonyl (C=O) groups excluding carboxylic acids is 1. The molecule has 2 aromatic rings. The van der Waals surface area contributed by atoms with Gasteiger partial charge in [-0.05, 0) is 43.2 Å². The van der Waals surface area contributed by atoms with Crippen LogP contribution in [0.3, 0.4) is 0 Å². The number of hydrogen-bond donors (Lipinski definition) is 2. The second-order valence-corrected chi connectivity index (χ2v) is 4.66. The fourth-order valence-corrected chi connectivity index (χ4v) is 1.94. The van der Waals surface area contributed by atoms with E-state index in [1.54, 1.807) is 24.3 Å². The summed E-state index contributed by atoms with van der Waals surface area (Å²) in [5.41, 5.74) is 1.97. The summed E-state index contributed by atoms with van der Waals surface area (Å²) in [5, 5.41) is 12.4. The minimum absolute atomic E-state index is 0.0427. The number of rotatable bonds is 4. The SMILES string of the molecule is Cc1ccc(O)c(C(=O)NCCc2cccc(F)c2)c1. The molecule has 4 heteroatoms. The van der Waals surface area contributed by atoms with Crippen molar-refractivity contribution in [2.24, 2.45) is 0 Å². The Morgan fingerprint density at radius 2 is 2.05 bits per heavy atom. The first-order chi connectivity index (χ1) is 9.56. The highest BCUT2D eigenvalue weighted by Crippen LogP contribution is 2.17.